The lowest BCUT2D eigenvalue weighted by molar-refractivity contribution is -0.144. The summed E-state index contributed by atoms with van der Waals surface area (Å²) in [5, 5.41) is 20.2. The molecule has 0 aromatic carbocycles. The van der Waals surface area contributed by atoms with Gasteiger partial charge in [-0.2, -0.15) is 0 Å². The predicted octanol–water partition coefficient (Wildman–Crippen LogP) is 12.8. The first-order valence-corrected chi connectivity index (χ1v) is 22.7. The molecule has 0 radical (unpaired) electrons. The summed E-state index contributed by atoms with van der Waals surface area (Å²) >= 11 is 0. The van der Waals surface area contributed by atoms with Crippen LogP contribution in [0.4, 0.5) is 0 Å². The van der Waals surface area contributed by atoms with Crippen LogP contribution in [0.25, 0.3) is 0 Å². The maximum absolute atomic E-state index is 12.0. The van der Waals surface area contributed by atoms with Crippen LogP contribution in [0.1, 0.15) is 220 Å². The Balaban J connectivity index is 3.95. The first-order valence-electron chi connectivity index (χ1n) is 22.7. The molecule has 0 aromatic heterocycles. The lowest BCUT2D eigenvalue weighted by atomic mass is 10.1. The topological polar surface area (TPSA) is 79.2 Å². The summed E-state index contributed by atoms with van der Waals surface area (Å²) in [7, 11) is 0. The summed E-state index contributed by atoms with van der Waals surface area (Å²) in [6.45, 7) is 10.3. The lowest BCUT2D eigenvalue weighted by Gasteiger charge is -2.21. The molecule has 0 aromatic rings. The Morgan fingerprint density at radius 2 is 1.00 bits per heavy atom. The van der Waals surface area contributed by atoms with Crippen molar-refractivity contribution in [1.82, 2.24) is 4.90 Å². The normalized spacial score (nSPS) is 12.7. The molecule has 0 aliphatic heterocycles. The smallest absolute Gasteiger partial charge is 0.305 e. The van der Waals surface area contributed by atoms with Crippen LogP contribution in [0.5, 0.6) is 0 Å². The third kappa shape index (κ3) is 38.5. The molecule has 6 heteroatoms. The largest absolute Gasteiger partial charge is 0.466 e. The van der Waals surface area contributed by atoms with Gasteiger partial charge in [-0.1, -0.05) is 161 Å². The van der Waals surface area contributed by atoms with Gasteiger partial charge in [0, 0.05) is 13.0 Å². The molecule has 0 bridgehead atoms. The number of hydrogen-bond acceptors (Lipinski definition) is 6. The van der Waals surface area contributed by atoms with Gasteiger partial charge in [-0.25, -0.2) is 0 Å². The maximum Gasteiger partial charge on any atom is 0.305 e. The number of unbranched alkanes of at least 4 members (excludes halogenated alkanes) is 20. The number of ether oxygens (including phenoxy) is 2. The van der Waals surface area contributed by atoms with Crippen LogP contribution in [0.2, 0.25) is 0 Å². The van der Waals surface area contributed by atoms with Crippen LogP contribution >= 0.6 is 0 Å². The number of allylic oxidation sites excluding steroid dienone is 4. The van der Waals surface area contributed by atoms with Crippen molar-refractivity contribution in [2.45, 2.75) is 232 Å². The van der Waals surface area contributed by atoms with E-state index in [1.807, 2.05) is 0 Å². The van der Waals surface area contributed by atoms with Gasteiger partial charge < -0.3 is 24.6 Å². The van der Waals surface area contributed by atoms with E-state index >= 15 is 0 Å². The van der Waals surface area contributed by atoms with Gasteiger partial charge in [0.15, 0.2) is 6.29 Å². The van der Waals surface area contributed by atoms with Gasteiger partial charge in [0.05, 0.1) is 19.3 Å². The van der Waals surface area contributed by atoms with Crippen molar-refractivity contribution >= 4 is 5.97 Å². The molecule has 1 atom stereocenters. The fourth-order valence-electron chi connectivity index (χ4n) is 6.72. The molecule has 0 amide bonds. The number of carbonyl (C=O) groups excluding carboxylic acids is 1. The number of aliphatic hydroxyl groups excluding tert-OH is 2. The van der Waals surface area contributed by atoms with E-state index in [1.54, 1.807) is 0 Å². The average Bonchev–Trinajstić information content (AvgIpc) is 3.14. The van der Waals surface area contributed by atoms with E-state index in [0.29, 0.717) is 19.4 Å². The number of hydrogen-bond donors (Lipinski definition) is 2. The van der Waals surface area contributed by atoms with Crippen LogP contribution in [0.3, 0.4) is 0 Å². The highest BCUT2D eigenvalue weighted by Crippen LogP contribution is 2.17. The van der Waals surface area contributed by atoms with Crippen LogP contribution in [-0.2, 0) is 14.3 Å². The molecular weight excluding hydrogens is 647 g/mol. The second-order valence-electron chi connectivity index (χ2n) is 15.3. The number of esters is 1. The highest BCUT2D eigenvalue weighted by molar-refractivity contribution is 5.69. The van der Waals surface area contributed by atoms with Gasteiger partial charge in [0.1, 0.15) is 0 Å². The van der Waals surface area contributed by atoms with E-state index in [-0.39, 0.29) is 18.7 Å². The zero-order valence-electron chi connectivity index (χ0n) is 35.0. The highest BCUT2D eigenvalue weighted by atomic mass is 16.6. The van der Waals surface area contributed by atoms with Crippen LogP contribution in [0, 0.1) is 0 Å². The van der Waals surface area contributed by atoms with Gasteiger partial charge in [-0.3, -0.25) is 4.79 Å². The molecule has 1 unspecified atom stereocenters. The molecule has 308 valence electrons. The Labute approximate surface area is 324 Å². The second kappa shape index (κ2) is 42.5. The fraction of sp³-hybridized carbons (Fsp3) is 0.891. The van der Waals surface area contributed by atoms with Crippen molar-refractivity contribution in [1.29, 1.82) is 0 Å². The van der Waals surface area contributed by atoms with Crippen molar-refractivity contribution in [2.75, 3.05) is 32.8 Å². The molecule has 0 rings (SSSR count). The minimum absolute atomic E-state index is 0.0276. The van der Waals surface area contributed by atoms with E-state index in [9.17, 15) is 15.0 Å². The predicted molar refractivity (Wildman–Crippen MR) is 224 cm³/mol. The molecule has 0 saturated carbocycles. The Bertz CT molecular complexity index is 750. The lowest BCUT2D eigenvalue weighted by Crippen LogP contribution is -2.29. The van der Waals surface area contributed by atoms with Crippen molar-refractivity contribution in [2.24, 2.45) is 0 Å². The van der Waals surface area contributed by atoms with Gasteiger partial charge in [0.2, 0.25) is 0 Å². The van der Waals surface area contributed by atoms with E-state index in [1.165, 1.54) is 96.3 Å². The number of carbonyl (C=O) groups is 1. The summed E-state index contributed by atoms with van der Waals surface area (Å²) in [5.74, 6) is -0.0276. The van der Waals surface area contributed by atoms with E-state index < -0.39 is 6.29 Å². The van der Waals surface area contributed by atoms with Crippen molar-refractivity contribution in [3.8, 4) is 0 Å². The van der Waals surface area contributed by atoms with Gasteiger partial charge in [0.25, 0.3) is 0 Å². The quantitative estimate of drug-likeness (QED) is 0.0281. The maximum atomic E-state index is 12.0. The fourth-order valence-corrected chi connectivity index (χ4v) is 6.72. The van der Waals surface area contributed by atoms with Crippen LogP contribution in [0.15, 0.2) is 24.3 Å². The summed E-state index contributed by atoms with van der Waals surface area (Å²) < 4.78 is 11.6. The Hall–Kier alpha value is -1.21. The molecule has 0 aliphatic carbocycles. The number of nitrogens with zero attached hydrogens (tertiary/aromatic N) is 1. The first-order chi connectivity index (χ1) is 25.6. The third-order valence-electron chi connectivity index (χ3n) is 10.1. The Kier molecular flexibility index (Phi) is 41.5. The van der Waals surface area contributed by atoms with Crippen LogP contribution < -0.4 is 0 Å². The molecule has 0 aliphatic rings. The van der Waals surface area contributed by atoms with Crippen LogP contribution in [-0.4, -0.2) is 66.3 Å². The number of rotatable bonds is 42. The molecule has 2 N–H and O–H groups in total. The summed E-state index contributed by atoms with van der Waals surface area (Å²) in [5.41, 5.74) is 0. The van der Waals surface area contributed by atoms with Gasteiger partial charge in [-0.15, -0.1) is 0 Å². The molecule has 0 spiro atoms. The minimum Gasteiger partial charge on any atom is -0.466 e. The van der Waals surface area contributed by atoms with Gasteiger partial charge in [-0.05, 0) is 90.1 Å². The molecule has 0 saturated heterocycles. The molecule has 6 nitrogen and oxygen atoms in total. The molecular formula is C46H89NO5. The SMILES string of the molecule is CCCC/C=C\CCC(CC/C=C\CCCC)OC(O)CCCCCCCN(CCO)CCCCCCCC(=O)OCCCCCCCCCCC. The monoisotopic (exact) mass is 736 g/mol. The first kappa shape index (κ1) is 50.8. The second-order valence-corrected chi connectivity index (χ2v) is 15.3. The Morgan fingerprint density at radius 3 is 1.54 bits per heavy atom. The molecule has 0 heterocycles. The zero-order chi connectivity index (χ0) is 38.0. The highest BCUT2D eigenvalue weighted by Gasteiger charge is 2.14. The summed E-state index contributed by atoms with van der Waals surface area (Å²) in [6, 6.07) is 0. The average molecular weight is 736 g/mol. The van der Waals surface area contributed by atoms with E-state index in [2.05, 4.69) is 50.0 Å². The van der Waals surface area contributed by atoms with Crippen molar-refractivity contribution in [3.63, 3.8) is 0 Å². The summed E-state index contributed by atoms with van der Waals surface area (Å²) in [4.78, 5) is 14.4. The number of aliphatic hydroxyl groups is 2. The van der Waals surface area contributed by atoms with Crippen molar-refractivity contribution in [3.05, 3.63) is 24.3 Å². The minimum atomic E-state index is -0.665. The third-order valence-corrected chi connectivity index (χ3v) is 10.1. The zero-order valence-corrected chi connectivity index (χ0v) is 35.0. The van der Waals surface area contributed by atoms with Crippen molar-refractivity contribution < 1.29 is 24.5 Å². The molecule has 0 fully saturated rings. The van der Waals surface area contributed by atoms with E-state index in [4.69, 9.17) is 9.47 Å². The van der Waals surface area contributed by atoms with E-state index in [0.717, 1.165) is 110 Å². The molecule has 52 heavy (non-hydrogen) atoms. The standard InChI is InChI=1S/C46H89NO5/c1-4-7-10-13-16-17-18-27-34-43-51-45(49)37-30-23-19-25-32-39-47(41-42-48)40-33-26-20-24-31-38-46(50)52-44(35-28-21-14-11-8-5-2)36-29-22-15-12-9-6-3/h14-15,21-22,44,46,48,50H,4-13,16-20,23-43H2,1-3H3/b21-14-,22-15-. The summed E-state index contributed by atoms with van der Waals surface area (Å²) in [6.07, 6.45) is 43.8. The van der Waals surface area contributed by atoms with Gasteiger partial charge >= 0.3 is 5.97 Å². The Morgan fingerprint density at radius 1 is 0.538 bits per heavy atom.